The van der Waals surface area contributed by atoms with Crippen molar-refractivity contribution in [3.05, 3.63) is 65.3 Å². The van der Waals surface area contributed by atoms with Crippen LogP contribution in [0, 0.1) is 6.92 Å². The highest BCUT2D eigenvalue weighted by atomic mass is 19.4. The summed E-state index contributed by atoms with van der Waals surface area (Å²) in [5.74, 6) is -0.109. The first-order chi connectivity index (χ1) is 19.7. The van der Waals surface area contributed by atoms with Crippen molar-refractivity contribution in [2.75, 3.05) is 18.4 Å². The number of aryl methyl sites for hydroxylation is 2. The number of aromatic nitrogens is 6. The topological polar surface area (TPSA) is 127 Å². The maximum Gasteiger partial charge on any atom is 0.401 e. The van der Waals surface area contributed by atoms with Crippen LogP contribution in [0.5, 0.6) is 0 Å². The molecule has 0 aliphatic carbocycles. The Hall–Kier alpha value is -4.33. The molecule has 1 aromatic carbocycles. The van der Waals surface area contributed by atoms with Crippen molar-refractivity contribution in [1.29, 1.82) is 0 Å². The van der Waals surface area contributed by atoms with Gasteiger partial charge in [0.05, 0.1) is 29.7 Å². The summed E-state index contributed by atoms with van der Waals surface area (Å²) >= 11 is 0. The number of nitrogens with zero attached hydrogens (tertiary/aromatic N) is 7. The number of benzene rings is 1. The molecule has 2 N–H and O–H groups in total. The van der Waals surface area contributed by atoms with Crippen molar-refractivity contribution in [2.24, 2.45) is 7.05 Å². The molecule has 1 amide bonds. The molecule has 0 bridgehead atoms. The van der Waals surface area contributed by atoms with Crippen LogP contribution in [0.2, 0.25) is 0 Å². The van der Waals surface area contributed by atoms with Crippen LogP contribution in [0.4, 0.5) is 24.8 Å². The van der Waals surface area contributed by atoms with Gasteiger partial charge in [0.1, 0.15) is 0 Å². The van der Waals surface area contributed by atoms with Crippen molar-refractivity contribution in [3.63, 3.8) is 0 Å². The van der Waals surface area contributed by atoms with Crippen molar-refractivity contribution in [1.82, 2.24) is 40.2 Å². The molecule has 1 aliphatic rings. The number of amides is 1. The van der Waals surface area contributed by atoms with Crippen molar-refractivity contribution >= 4 is 17.5 Å². The molecule has 1 aliphatic heterocycles. The third-order valence-corrected chi connectivity index (χ3v) is 6.83. The van der Waals surface area contributed by atoms with E-state index in [-0.39, 0.29) is 25.4 Å². The van der Waals surface area contributed by atoms with Gasteiger partial charge in [0, 0.05) is 43.5 Å². The Bertz CT molecular complexity index is 1590. The number of rotatable bonds is 6. The van der Waals surface area contributed by atoms with Gasteiger partial charge in [-0.3, -0.25) is 14.4 Å². The molecule has 0 saturated heterocycles. The number of alkyl halides is 3. The van der Waals surface area contributed by atoms with E-state index in [1.54, 1.807) is 16.9 Å². The molecule has 0 fully saturated rings. The van der Waals surface area contributed by atoms with E-state index in [1.165, 1.54) is 4.90 Å². The Morgan fingerprint density at radius 1 is 1.17 bits per heavy atom. The molecule has 0 spiro atoms. The Balaban J connectivity index is 1.44. The van der Waals surface area contributed by atoms with Crippen LogP contribution in [-0.2, 0) is 19.0 Å². The average molecular weight is 584 g/mol. The van der Waals surface area contributed by atoms with Gasteiger partial charge in [-0.15, -0.1) is 10.2 Å². The summed E-state index contributed by atoms with van der Waals surface area (Å²) in [6.07, 6.45) is -0.682. The van der Waals surface area contributed by atoms with Crippen LogP contribution < -0.4 is 10.6 Å². The highest BCUT2D eigenvalue weighted by molar-refractivity contribution is 5.89. The van der Waals surface area contributed by atoms with Gasteiger partial charge < -0.3 is 15.1 Å². The lowest BCUT2D eigenvalue weighted by Gasteiger charge is -2.22. The fraction of sp³-hybridized carbons (Fsp3) is 0.429. The van der Waals surface area contributed by atoms with Crippen LogP contribution in [0.15, 0.2) is 41.1 Å². The lowest BCUT2D eigenvalue weighted by molar-refractivity contribution is -0.147. The predicted molar refractivity (Wildman–Crippen MR) is 148 cm³/mol. The summed E-state index contributed by atoms with van der Waals surface area (Å²) in [5, 5.41) is 18.2. The Morgan fingerprint density at radius 3 is 2.62 bits per heavy atom. The molecule has 1 atom stereocenters. The largest absolute Gasteiger partial charge is 0.416 e. The third-order valence-electron chi connectivity index (χ3n) is 6.83. The zero-order valence-electron chi connectivity index (χ0n) is 24.0. The van der Waals surface area contributed by atoms with E-state index in [0.29, 0.717) is 34.2 Å². The minimum absolute atomic E-state index is 0.0505. The first-order valence-corrected chi connectivity index (χ1v) is 13.4. The number of halogens is 3. The summed E-state index contributed by atoms with van der Waals surface area (Å²) in [4.78, 5) is 23.3. The Labute approximate surface area is 240 Å². The summed E-state index contributed by atoms with van der Waals surface area (Å²) < 4.78 is 47.5. The second-order valence-corrected chi connectivity index (χ2v) is 11.4. The van der Waals surface area contributed by atoms with Gasteiger partial charge in [-0.1, -0.05) is 32.9 Å². The van der Waals surface area contributed by atoms with E-state index in [2.05, 4.69) is 35.9 Å². The maximum absolute atomic E-state index is 13.4. The number of nitrogens with one attached hydrogen (secondary N) is 2. The minimum Gasteiger partial charge on any atom is -0.416 e. The zero-order valence-corrected chi connectivity index (χ0v) is 24.0. The van der Waals surface area contributed by atoms with Crippen LogP contribution in [0.1, 0.15) is 66.6 Å². The number of anilines is 2. The maximum atomic E-state index is 13.4. The molecule has 0 radical (unpaired) electrons. The first kappa shape index (κ1) is 29.2. The van der Waals surface area contributed by atoms with Gasteiger partial charge in [-0.2, -0.15) is 18.3 Å². The Morgan fingerprint density at radius 2 is 1.95 bits per heavy atom. The van der Waals surface area contributed by atoms with Gasteiger partial charge in [-0.25, -0.2) is 9.97 Å². The monoisotopic (exact) mass is 583 g/mol. The minimum atomic E-state index is -4.37. The number of fused-ring (bicyclic) bond motifs is 1. The highest BCUT2D eigenvalue weighted by Gasteiger charge is 2.34. The smallest absolute Gasteiger partial charge is 0.401 e. The number of hydrogen-bond donors (Lipinski definition) is 2. The van der Waals surface area contributed by atoms with Gasteiger partial charge >= 0.3 is 18.0 Å². The van der Waals surface area contributed by atoms with E-state index in [1.807, 2.05) is 59.1 Å². The molecule has 14 heteroatoms. The van der Waals surface area contributed by atoms with Gasteiger partial charge in [0.2, 0.25) is 11.8 Å². The summed E-state index contributed by atoms with van der Waals surface area (Å²) in [6.45, 7) is 6.62. The van der Waals surface area contributed by atoms with Crippen LogP contribution in [0.25, 0.3) is 11.3 Å². The van der Waals surface area contributed by atoms with Crippen molar-refractivity contribution in [3.8, 4) is 11.3 Å². The number of carbonyl (C=O) groups excluding carboxylic acids is 1. The van der Waals surface area contributed by atoms with Crippen LogP contribution >= 0.6 is 0 Å². The lowest BCUT2D eigenvalue weighted by Crippen LogP contribution is -2.35. The standard InChI is InChI=1S/C28H32F3N9O2/c1-16-22(14-39(5)38-16)35-26-32-10-8-20(34-26)17-6-7-19-18(12-17)13-40(15-28(29,30)31)11-9-21(19)33-23(41)24-36-37-25(42-24)27(2,3)4/h6-8,10,12,14,21H,9,11,13,15H2,1-5H3,(H,33,41)(H,32,34,35)/t21-/m0/s1. The molecule has 0 saturated carbocycles. The molecule has 5 rings (SSSR count). The molecule has 11 nitrogen and oxygen atoms in total. The van der Waals surface area contributed by atoms with Gasteiger partial charge in [0.25, 0.3) is 0 Å². The highest BCUT2D eigenvalue weighted by Crippen LogP contribution is 2.32. The molecular weight excluding hydrogens is 551 g/mol. The second kappa shape index (κ2) is 11.2. The molecule has 4 aromatic rings. The molecule has 222 valence electrons. The van der Waals surface area contributed by atoms with Crippen molar-refractivity contribution < 1.29 is 22.4 Å². The van der Waals surface area contributed by atoms with E-state index in [4.69, 9.17) is 4.42 Å². The van der Waals surface area contributed by atoms with Gasteiger partial charge in [-0.05, 0) is 36.6 Å². The number of hydrogen-bond acceptors (Lipinski definition) is 9. The summed E-state index contributed by atoms with van der Waals surface area (Å²) in [6, 6.07) is 6.63. The SMILES string of the molecule is Cc1nn(C)cc1Nc1nccc(-c2ccc3c(c2)CN(CC(F)(F)F)CC[C@@H]3NC(=O)c2nnc(C(C)(C)C)o2)n1. The quantitative estimate of drug-likeness (QED) is 0.328. The molecule has 4 heterocycles. The summed E-state index contributed by atoms with van der Waals surface area (Å²) in [7, 11) is 1.81. The third kappa shape index (κ3) is 6.75. The first-order valence-electron chi connectivity index (χ1n) is 13.4. The zero-order chi connectivity index (χ0) is 30.2. The van der Waals surface area contributed by atoms with E-state index in [0.717, 1.165) is 11.4 Å². The lowest BCUT2D eigenvalue weighted by atomic mass is 9.96. The van der Waals surface area contributed by atoms with E-state index < -0.39 is 30.1 Å². The molecule has 42 heavy (non-hydrogen) atoms. The van der Waals surface area contributed by atoms with Crippen molar-refractivity contribution in [2.45, 2.75) is 58.3 Å². The molecular formula is C28H32F3N9O2. The van der Waals surface area contributed by atoms with Crippen LogP contribution in [-0.4, -0.2) is 60.0 Å². The summed E-state index contributed by atoms with van der Waals surface area (Å²) in [5.41, 5.74) is 3.75. The van der Waals surface area contributed by atoms with E-state index in [9.17, 15) is 18.0 Å². The normalized spacial score (nSPS) is 16.1. The van der Waals surface area contributed by atoms with Gasteiger partial charge in [0.15, 0.2) is 0 Å². The van der Waals surface area contributed by atoms with Crippen LogP contribution in [0.3, 0.4) is 0 Å². The fourth-order valence-corrected chi connectivity index (χ4v) is 4.83. The second-order valence-electron chi connectivity index (χ2n) is 11.4. The van der Waals surface area contributed by atoms with E-state index >= 15 is 0 Å². The number of carbonyl (C=O) groups is 1. The fourth-order valence-electron chi connectivity index (χ4n) is 4.83. The molecule has 3 aromatic heterocycles. The molecule has 0 unspecified atom stereocenters. The average Bonchev–Trinajstić information content (AvgIpc) is 3.48. The Kier molecular flexibility index (Phi) is 7.75. The predicted octanol–water partition coefficient (Wildman–Crippen LogP) is 4.85.